The van der Waals surface area contributed by atoms with Crippen LogP contribution in [0.4, 0.5) is 0 Å². The van der Waals surface area contributed by atoms with Gasteiger partial charge in [-0.1, -0.05) is 22.9 Å². The zero-order valence-electron chi connectivity index (χ0n) is 3.57. The van der Waals surface area contributed by atoms with Crippen molar-refractivity contribution in [1.82, 2.24) is 0 Å². The molecule has 0 bridgehead atoms. The van der Waals surface area contributed by atoms with Gasteiger partial charge in [0.05, 0.1) is 0 Å². The van der Waals surface area contributed by atoms with Gasteiger partial charge in [0.15, 0.2) is 0 Å². The standard InChI is InChI=1S/C4H6BrO/c1-4(2-5)3-6/h4H,2H2,1H3. The first-order valence-electron chi connectivity index (χ1n) is 1.75. The first-order valence-corrected chi connectivity index (χ1v) is 2.87. The van der Waals surface area contributed by atoms with Crippen LogP contribution in [0, 0.1) is 5.92 Å². The van der Waals surface area contributed by atoms with Crippen molar-refractivity contribution in [2.45, 2.75) is 6.92 Å². The van der Waals surface area contributed by atoms with Crippen LogP contribution in [-0.4, -0.2) is 11.6 Å². The predicted molar refractivity (Wildman–Crippen MR) is 28.7 cm³/mol. The lowest BCUT2D eigenvalue weighted by Gasteiger charge is -1.86. The van der Waals surface area contributed by atoms with Crippen molar-refractivity contribution in [2.24, 2.45) is 5.92 Å². The van der Waals surface area contributed by atoms with Crippen molar-refractivity contribution < 1.29 is 4.79 Å². The first-order chi connectivity index (χ1) is 2.81. The van der Waals surface area contributed by atoms with Crippen LogP contribution in [0.2, 0.25) is 0 Å². The van der Waals surface area contributed by atoms with Gasteiger partial charge in [-0.05, 0) is 0 Å². The Bertz CT molecular complexity index is 44.8. The van der Waals surface area contributed by atoms with E-state index in [9.17, 15) is 4.79 Å². The van der Waals surface area contributed by atoms with Crippen LogP contribution in [0.15, 0.2) is 0 Å². The van der Waals surface area contributed by atoms with Crippen molar-refractivity contribution in [3.05, 3.63) is 0 Å². The summed E-state index contributed by atoms with van der Waals surface area (Å²) in [5.41, 5.74) is 0. The van der Waals surface area contributed by atoms with Gasteiger partial charge in [0.1, 0.15) is 0 Å². The fraction of sp³-hybridized carbons (Fsp3) is 0.750. The molecule has 0 aromatic carbocycles. The van der Waals surface area contributed by atoms with Gasteiger partial charge in [-0.25, -0.2) is 0 Å². The van der Waals surface area contributed by atoms with Gasteiger partial charge in [0, 0.05) is 11.2 Å². The summed E-state index contributed by atoms with van der Waals surface area (Å²) in [6, 6.07) is 0. The molecule has 1 radical (unpaired) electrons. The number of halogens is 1. The minimum absolute atomic E-state index is 0.0463. The molecule has 1 atom stereocenters. The minimum atomic E-state index is 0.0463. The van der Waals surface area contributed by atoms with E-state index in [1.165, 1.54) is 0 Å². The Balaban J connectivity index is 2.96. The van der Waals surface area contributed by atoms with Crippen molar-refractivity contribution in [2.75, 3.05) is 5.33 Å². The third-order valence-electron chi connectivity index (χ3n) is 0.433. The molecular weight excluding hydrogens is 144 g/mol. The summed E-state index contributed by atoms with van der Waals surface area (Å²) < 4.78 is 0. The molecule has 0 aliphatic rings. The Morgan fingerprint density at radius 2 is 2.50 bits per heavy atom. The lowest BCUT2D eigenvalue weighted by atomic mass is 10.3. The third kappa shape index (κ3) is 2.39. The van der Waals surface area contributed by atoms with Gasteiger partial charge in [-0.15, -0.1) is 0 Å². The van der Waals surface area contributed by atoms with Gasteiger partial charge < -0.3 is 0 Å². The molecule has 35 valence electrons. The van der Waals surface area contributed by atoms with Crippen molar-refractivity contribution in [3.63, 3.8) is 0 Å². The molecule has 0 saturated carbocycles. The van der Waals surface area contributed by atoms with Crippen LogP contribution >= 0.6 is 15.9 Å². The lowest BCUT2D eigenvalue weighted by molar-refractivity contribution is 0.538. The van der Waals surface area contributed by atoms with E-state index in [0.717, 1.165) is 5.33 Å². The Kier molecular flexibility index (Phi) is 3.43. The average Bonchev–Trinajstić information content (AvgIpc) is 1.65. The Morgan fingerprint density at radius 3 is 2.50 bits per heavy atom. The topological polar surface area (TPSA) is 17.1 Å². The summed E-state index contributed by atoms with van der Waals surface area (Å²) in [6.07, 6.45) is 1.82. The lowest BCUT2D eigenvalue weighted by Crippen LogP contribution is -1.93. The van der Waals surface area contributed by atoms with Crippen molar-refractivity contribution in [1.29, 1.82) is 0 Å². The molecule has 0 saturated heterocycles. The van der Waals surface area contributed by atoms with Crippen molar-refractivity contribution >= 4 is 22.2 Å². The normalized spacial score (nSPS) is 13.7. The van der Waals surface area contributed by atoms with E-state index in [-0.39, 0.29) is 5.92 Å². The fourth-order valence-corrected chi connectivity index (χ4v) is 0.164. The molecule has 0 aliphatic carbocycles. The molecule has 2 heteroatoms. The Hall–Kier alpha value is 0.150. The van der Waals surface area contributed by atoms with Gasteiger partial charge in [-0.2, -0.15) is 0 Å². The highest BCUT2D eigenvalue weighted by Gasteiger charge is 1.92. The van der Waals surface area contributed by atoms with Crippen LogP contribution in [0.25, 0.3) is 0 Å². The third-order valence-corrected chi connectivity index (χ3v) is 1.40. The predicted octanol–water partition coefficient (Wildman–Crippen LogP) is 1.13. The van der Waals surface area contributed by atoms with E-state index in [1.54, 1.807) is 0 Å². The number of alkyl halides is 1. The molecule has 0 heterocycles. The summed E-state index contributed by atoms with van der Waals surface area (Å²) >= 11 is 3.11. The number of carbonyl (C=O) groups excluding carboxylic acids is 1. The second kappa shape index (κ2) is 3.34. The van der Waals surface area contributed by atoms with E-state index in [0.29, 0.717) is 0 Å². The largest absolute Gasteiger partial charge is 0.291 e. The van der Waals surface area contributed by atoms with E-state index >= 15 is 0 Å². The van der Waals surface area contributed by atoms with Gasteiger partial charge in [-0.3, -0.25) is 4.79 Å². The van der Waals surface area contributed by atoms with Crippen LogP contribution in [0.5, 0.6) is 0 Å². The highest BCUT2D eigenvalue weighted by Crippen LogP contribution is 1.92. The maximum absolute atomic E-state index is 9.58. The van der Waals surface area contributed by atoms with Gasteiger partial charge in [0.2, 0.25) is 6.29 Å². The summed E-state index contributed by atoms with van der Waals surface area (Å²) in [5.74, 6) is 0.0463. The van der Waals surface area contributed by atoms with Gasteiger partial charge in [0.25, 0.3) is 0 Å². The quantitative estimate of drug-likeness (QED) is 0.539. The van der Waals surface area contributed by atoms with Crippen LogP contribution in [0.1, 0.15) is 6.92 Å². The summed E-state index contributed by atoms with van der Waals surface area (Å²) in [7, 11) is 0. The number of rotatable bonds is 2. The molecule has 0 fully saturated rings. The van der Waals surface area contributed by atoms with Crippen LogP contribution in [-0.2, 0) is 4.79 Å². The summed E-state index contributed by atoms with van der Waals surface area (Å²) in [5, 5.41) is 0.719. The van der Waals surface area contributed by atoms with Gasteiger partial charge >= 0.3 is 0 Å². The highest BCUT2D eigenvalue weighted by atomic mass is 79.9. The van der Waals surface area contributed by atoms with E-state index in [4.69, 9.17) is 0 Å². The SMILES string of the molecule is CC([C]=O)CBr. The second-order valence-electron chi connectivity index (χ2n) is 1.17. The first kappa shape index (κ1) is 6.15. The zero-order chi connectivity index (χ0) is 4.99. The molecule has 0 aliphatic heterocycles. The average molecular weight is 150 g/mol. The maximum Gasteiger partial charge on any atom is 0.202 e. The molecule has 1 nitrogen and oxygen atoms in total. The van der Waals surface area contributed by atoms with E-state index < -0.39 is 0 Å². The Labute approximate surface area is 45.9 Å². The smallest absolute Gasteiger partial charge is 0.202 e. The molecular formula is C4H6BrO. The molecule has 0 spiro atoms. The molecule has 0 rings (SSSR count). The second-order valence-corrected chi connectivity index (χ2v) is 1.82. The summed E-state index contributed by atoms with van der Waals surface area (Å²) in [6.45, 7) is 1.81. The molecule has 6 heavy (non-hydrogen) atoms. The molecule has 0 N–H and O–H groups in total. The molecule has 0 aromatic heterocycles. The monoisotopic (exact) mass is 149 g/mol. The van der Waals surface area contributed by atoms with E-state index in [2.05, 4.69) is 15.9 Å². The minimum Gasteiger partial charge on any atom is -0.291 e. The Morgan fingerprint density at radius 1 is 2.00 bits per heavy atom. The number of hydrogen-bond acceptors (Lipinski definition) is 1. The van der Waals surface area contributed by atoms with Crippen LogP contribution < -0.4 is 0 Å². The molecule has 1 unspecified atom stereocenters. The number of hydrogen-bond donors (Lipinski definition) is 0. The van der Waals surface area contributed by atoms with Crippen molar-refractivity contribution in [3.8, 4) is 0 Å². The molecule has 0 amide bonds. The summed E-state index contributed by atoms with van der Waals surface area (Å²) in [4.78, 5) is 9.58. The maximum atomic E-state index is 9.58. The van der Waals surface area contributed by atoms with E-state index in [1.807, 2.05) is 13.2 Å². The van der Waals surface area contributed by atoms with Crippen LogP contribution in [0.3, 0.4) is 0 Å². The molecule has 0 aromatic rings. The fourth-order valence-electron chi connectivity index (χ4n) is 0.0315. The highest BCUT2D eigenvalue weighted by molar-refractivity contribution is 9.09. The zero-order valence-corrected chi connectivity index (χ0v) is 5.16.